The van der Waals surface area contributed by atoms with E-state index in [9.17, 15) is 14.4 Å². The predicted molar refractivity (Wildman–Crippen MR) is 168 cm³/mol. The van der Waals surface area contributed by atoms with Gasteiger partial charge in [0.2, 0.25) is 5.76 Å². The quantitative estimate of drug-likeness (QED) is 0.121. The molecule has 3 heterocycles. The molecule has 1 aliphatic heterocycles. The predicted octanol–water partition coefficient (Wildman–Crippen LogP) is 5.57. The Morgan fingerprint density at radius 3 is 2.47 bits per heavy atom. The van der Waals surface area contributed by atoms with Crippen LogP contribution < -0.4 is 24.4 Å². The third-order valence-electron chi connectivity index (χ3n) is 6.84. The molecule has 0 radical (unpaired) electrons. The van der Waals surface area contributed by atoms with E-state index >= 15 is 0 Å². The van der Waals surface area contributed by atoms with Crippen LogP contribution in [0.1, 0.15) is 34.6 Å². The number of ether oxygens (including phenoxy) is 3. The molecule has 3 aromatic carbocycles. The first kappa shape index (κ1) is 29.3. The molecular formula is C35H26N2O7S. The van der Waals surface area contributed by atoms with Gasteiger partial charge in [0.05, 0.1) is 28.1 Å². The molecule has 0 saturated carbocycles. The number of aromatic nitrogens is 1. The Balaban J connectivity index is 1.38. The smallest absolute Gasteiger partial charge is 0.379 e. The van der Waals surface area contributed by atoms with E-state index in [2.05, 4.69) is 11.6 Å². The van der Waals surface area contributed by atoms with Crippen LogP contribution in [0.2, 0.25) is 0 Å². The maximum atomic E-state index is 14.0. The van der Waals surface area contributed by atoms with Gasteiger partial charge in [-0.3, -0.25) is 9.36 Å². The molecular weight excluding hydrogens is 592 g/mol. The number of rotatable bonds is 9. The topological polar surface area (TPSA) is 109 Å². The summed E-state index contributed by atoms with van der Waals surface area (Å²) in [7, 11) is 0. The molecule has 0 spiro atoms. The van der Waals surface area contributed by atoms with Gasteiger partial charge in [0.15, 0.2) is 4.80 Å². The highest BCUT2D eigenvalue weighted by Gasteiger charge is 2.33. The van der Waals surface area contributed by atoms with Gasteiger partial charge in [0, 0.05) is 0 Å². The normalized spacial score (nSPS) is 14.3. The fraction of sp³-hybridized carbons (Fsp3) is 0.0857. The van der Waals surface area contributed by atoms with Crippen LogP contribution >= 0.6 is 11.3 Å². The Morgan fingerprint density at radius 2 is 1.73 bits per heavy atom. The lowest BCUT2D eigenvalue weighted by Gasteiger charge is -2.24. The van der Waals surface area contributed by atoms with Crippen molar-refractivity contribution in [3.63, 3.8) is 0 Å². The zero-order valence-electron chi connectivity index (χ0n) is 24.0. The number of nitrogens with zero attached hydrogens (tertiary/aromatic N) is 2. The van der Waals surface area contributed by atoms with Crippen molar-refractivity contribution in [2.75, 3.05) is 6.61 Å². The highest BCUT2D eigenvalue weighted by Crippen LogP contribution is 2.32. The number of esters is 2. The molecule has 1 aliphatic rings. The third-order valence-corrected chi connectivity index (χ3v) is 7.82. The first-order valence-corrected chi connectivity index (χ1v) is 14.7. The highest BCUT2D eigenvalue weighted by molar-refractivity contribution is 7.07. The minimum Gasteiger partial charge on any atom is -0.458 e. The zero-order valence-corrected chi connectivity index (χ0v) is 24.9. The summed E-state index contributed by atoms with van der Waals surface area (Å²) in [4.78, 5) is 44.7. The van der Waals surface area contributed by atoms with Crippen LogP contribution in [-0.2, 0) is 9.53 Å². The molecule has 5 aromatic rings. The number of para-hydroxylation sites is 1. The van der Waals surface area contributed by atoms with Gasteiger partial charge < -0.3 is 18.6 Å². The first-order chi connectivity index (χ1) is 21.9. The minimum atomic E-state index is -0.844. The Labute approximate surface area is 261 Å². The lowest BCUT2D eigenvalue weighted by Crippen LogP contribution is -2.39. The molecule has 45 heavy (non-hydrogen) atoms. The van der Waals surface area contributed by atoms with E-state index in [4.69, 9.17) is 18.6 Å². The lowest BCUT2D eigenvalue weighted by atomic mass is 9.96. The Kier molecular flexibility index (Phi) is 8.39. The van der Waals surface area contributed by atoms with Crippen molar-refractivity contribution in [3.8, 4) is 17.2 Å². The van der Waals surface area contributed by atoms with Crippen molar-refractivity contribution >= 4 is 29.4 Å². The summed E-state index contributed by atoms with van der Waals surface area (Å²) >= 11 is 1.22. The standard InChI is InChI=1S/C35H26N2O7S/c1-3-18-42-34(40)30-22(2)36-35-37(31(30)24-14-16-26(17-15-24)44-33(39)28-13-8-19-41-28)32(38)29(45-35)21-23-9-7-12-27(20-23)43-25-10-5-4-6-11-25/h3-17,19-21,31H,1,18H2,2H3/b29-21+/t31-/m1/s1. The van der Waals surface area contributed by atoms with E-state index in [0.717, 1.165) is 5.56 Å². The number of allylic oxidation sites excluding steroid dienone is 1. The summed E-state index contributed by atoms with van der Waals surface area (Å²) in [5.41, 5.74) is 1.67. The monoisotopic (exact) mass is 618 g/mol. The third kappa shape index (κ3) is 6.31. The average Bonchev–Trinajstić information content (AvgIpc) is 3.69. The summed E-state index contributed by atoms with van der Waals surface area (Å²) < 4.78 is 23.8. The summed E-state index contributed by atoms with van der Waals surface area (Å²) in [6.07, 6.45) is 4.62. The molecule has 0 aliphatic carbocycles. The number of fused-ring (bicyclic) bond motifs is 1. The number of carbonyl (C=O) groups is 2. The van der Waals surface area contributed by atoms with Crippen molar-refractivity contribution in [2.45, 2.75) is 13.0 Å². The molecule has 10 heteroatoms. The van der Waals surface area contributed by atoms with Gasteiger partial charge in [0.25, 0.3) is 5.56 Å². The van der Waals surface area contributed by atoms with Crippen LogP contribution in [0.25, 0.3) is 6.08 Å². The van der Waals surface area contributed by atoms with Crippen molar-refractivity contribution in [1.29, 1.82) is 0 Å². The van der Waals surface area contributed by atoms with E-state index in [1.54, 1.807) is 43.3 Å². The number of hydrogen-bond donors (Lipinski definition) is 0. The largest absolute Gasteiger partial charge is 0.458 e. The van der Waals surface area contributed by atoms with Crippen LogP contribution in [0.4, 0.5) is 0 Å². The van der Waals surface area contributed by atoms with E-state index in [0.29, 0.717) is 32.1 Å². The molecule has 0 saturated heterocycles. The van der Waals surface area contributed by atoms with Crippen molar-refractivity contribution < 1.29 is 28.2 Å². The second kappa shape index (κ2) is 12.9. The Morgan fingerprint density at radius 1 is 0.956 bits per heavy atom. The Hall–Kier alpha value is -5.74. The molecule has 0 N–H and O–H groups in total. The van der Waals surface area contributed by atoms with Crippen LogP contribution in [0.15, 0.2) is 135 Å². The van der Waals surface area contributed by atoms with Gasteiger partial charge in [-0.2, -0.15) is 0 Å². The second-order valence-corrected chi connectivity index (χ2v) is 10.9. The number of benzene rings is 3. The fourth-order valence-electron chi connectivity index (χ4n) is 4.82. The second-order valence-electron chi connectivity index (χ2n) is 9.89. The fourth-order valence-corrected chi connectivity index (χ4v) is 5.87. The summed E-state index contributed by atoms with van der Waals surface area (Å²) in [6.45, 7) is 5.32. The van der Waals surface area contributed by atoms with Crippen LogP contribution in [0.5, 0.6) is 17.2 Å². The van der Waals surface area contributed by atoms with Crippen LogP contribution in [0.3, 0.4) is 0 Å². The van der Waals surface area contributed by atoms with E-state index < -0.39 is 18.0 Å². The molecule has 0 amide bonds. The van der Waals surface area contributed by atoms with Gasteiger partial charge in [0.1, 0.15) is 23.9 Å². The SMILES string of the molecule is C=CCOC(=O)C1=C(C)N=c2s/c(=C/c3cccc(Oc4ccccc4)c3)c(=O)n2[C@@H]1c1ccc(OC(=O)c2ccco2)cc1. The summed E-state index contributed by atoms with van der Waals surface area (Å²) in [5.74, 6) is 0.382. The van der Waals surface area contributed by atoms with E-state index in [1.165, 1.54) is 34.3 Å². The van der Waals surface area contributed by atoms with Crippen LogP contribution in [-0.4, -0.2) is 23.1 Å². The first-order valence-electron chi connectivity index (χ1n) is 13.9. The van der Waals surface area contributed by atoms with Gasteiger partial charge in [-0.25, -0.2) is 14.6 Å². The molecule has 2 aromatic heterocycles. The minimum absolute atomic E-state index is 0.00415. The molecule has 0 bridgehead atoms. The maximum absolute atomic E-state index is 14.0. The molecule has 9 nitrogen and oxygen atoms in total. The number of furan rings is 1. The zero-order chi connectivity index (χ0) is 31.3. The molecule has 224 valence electrons. The lowest BCUT2D eigenvalue weighted by molar-refractivity contribution is -0.138. The number of thiazole rings is 1. The van der Waals surface area contributed by atoms with Gasteiger partial charge in [-0.1, -0.05) is 66.5 Å². The van der Waals surface area contributed by atoms with Crippen molar-refractivity contribution in [2.24, 2.45) is 4.99 Å². The molecule has 0 unspecified atom stereocenters. The molecule has 6 rings (SSSR count). The summed E-state index contributed by atoms with van der Waals surface area (Å²) in [6, 6.07) is 25.6. The molecule has 0 fully saturated rings. The van der Waals surface area contributed by atoms with E-state index in [-0.39, 0.29) is 29.2 Å². The van der Waals surface area contributed by atoms with Crippen molar-refractivity contribution in [1.82, 2.24) is 4.57 Å². The van der Waals surface area contributed by atoms with Gasteiger partial charge >= 0.3 is 11.9 Å². The van der Waals surface area contributed by atoms with Gasteiger partial charge in [-0.05, 0) is 72.7 Å². The molecule has 1 atom stereocenters. The average molecular weight is 619 g/mol. The van der Waals surface area contributed by atoms with Crippen molar-refractivity contribution in [3.05, 3.63) is 158 Å². The summed E-state index contributed by atoms with van der Waals surface area (Å²) in [5, 5.41) is 0. The number of hydrogen-bond acceptors (Lipinski definition) is 9. The Bertz CT molecular complexity index is 2090. The maximum Gasteiger partial charge on any atom is 0.379 e. The van der Waals surface area contributed by atoms with Gasteiger partial charge in [-0.15, -0.1) is 0 Å². The number of carbonyl (C=O) groups excluding carboxylic acids is 2. The van der Waals surface area contributed by atoms with E-state index in [1.807, 2.05) is 54.6 Å². The van der Waals surface area contributed by atoms with Crippen LogP contribution in [0, 0.1) is 0 Å². The highest BCUT2D eigenvalue weighted by atomic mass is 32.1.